The summed E-state index contributed by atoms with van der Waals surface area (Å²) in [6.45, 7) is 4.56. The van der Waals surface area contributed by atoms with Crippen molar-refractivity contribution >= 4 is 22.9 Å². The molecule has 9 nitrogen and oxygen atoms in total. The minimum Gasteiger partial charge on any atom is -0.364 e. The van der Waals surface area contributed by atoms with E-state index in [0.29, 0.717) is 17.3 Å². The van der Waals surface area contributed by atoms with Crippen molar-refractivity contribution in [2.75, 3.05) is 36.4 Å². The molecule has 0 amide bonds. The van der Waals surface area contributed by atoms with Crippen molar-refractivity contribution in [1.82, 2.24) is 30.2 Å². The molecular weight excluding hydrogens is 356 g/mol. The van der Waals surface area contributed by atoms with Gasteiger partial charge in [-0.05, 0) is 35.3 Å². The summed E-state index contributed by atoms with van der Waals surface area (Å²) in [5.74, 6) is 1.65. The summed E-state index contributed by atoms with van der Waals surface area (Å²) in [5.41, 5.74) is 2.02. The van der Waals surface area contributed by atoms with Gasteiger partial charge >= 0.3 is 0 Å². The normalized spacial score (nSPS) is 18.8. The Labute approximate surface area is 163 Å². The average Bonchev–Trinajstić information content (AvgIpc) is 3.40. The fourth-order valence-corrected chi connectivity index (χ4v) is 4.05. The van der Waals surface area contributed by atoms with Crippen molar-refractivity contribution in [3.63, 3.8) is 0 Å². The van der Waals surface area contributed by atoms with Crippen LogP contribution in [-0.4, -0.2) is 62.4 Å². The van der Waals surface area contributed by atoms with Crippen LogP contribution in [0.1, 0.15) is 31.4 Å². The van der Waals surface area contributed by atoms with Crippen molar-refractivity contribution in [3.05, 3.63) is 30.1 Å². The van der Waals surface area contributed by atoms with E-state index in [0.717, 1.165) is 50.1 Å². The van der Waals surface area contributed by atoms with Gasteiger partial charge in [0.2, 0.25) is 11.3 Å². The van der Waals surface area contributed by atoms with Crippen LogP contribution in [-0.2, 0) is 6.54 Å². The van der Waals surface area contributed by atoms with E-state index in [1.165, 1.54) is 25.7 Å². The van der Waals surface area contributed by atoms with Gasteiger partial charge in [0.05, 0.1) is 5.69 Å². The molecule has 4 heterocycles. The van der Waals surface area contributed by atoms with Gasteiger partial charge in [-0.2, -0.15) is 0 Å². The van der Waals surface area contributed by atoms with Crippen LogP contribution < -0.4 is 10.2 Å². The van der Waals surface area contributed by atoms with Crippen LogP contribution in [0.2, 0.25) is 0 Å². The van der Waals surface area contributed by atoms with Gasteiger partial charge in [0, 0.05) is 45.0 Å². The Morgan fingerprint density at radius 2 is 1.79 bits per heavy atom. The highest BCUT2D eigenvalue weighted by Crippen LogP contribution is 2.29. The number of nitrogens with zero attached hydrogens (tertiary/aromatic N) is 7. The smallest absolute Gasteiger partial charge is 0.245 e. The summed E-state index contributed by atoms with van der Waals surface area (Å²) in [5, 5.41) is 11.3. The van der Waals surface area contributed by atoms with Crippen LogP contribution in [0.15, 0.2) is 29.0 Å². The van der Waals surface area contributed by atoms with E-state index in [9.17, 15) is 0 Å². The molecule has 1 saturated heterocycles. The van der Waals surface area contributed by atoms with Crippen molar-refractivity contribution < 1.29 is 4.63 Å². The second kappa shape index (κ2) is 7.67. The highest BCUT2D eigenvalue weighted by molar-refractivity contribution is 5.74. The maximum atomic E-state index is 4.83. The van der Waals surface area contributed by atoms with Crippen LogP contribution >= 0.6 is 0 Å². The number of anilines is 2. The maximum Gasteiger partial charge on any atom is 0.245 e. The second-order valence-corrected chi connectivity index (χ2v) is 7.52. The summed E-state index contributed by atoms with van der Waals surface area (Å²) < 4.78 is 4.83. The van der Waals surface area contributed by atoms with E-state index in [1.807, 2.05) is 18.3 Å². The first-order valence-corrected chi connectivity index (χ1v) is 9.99. The maximum absolute atomic E-state index is 4.83. The molecule has 0 unspecified atom stereocenters. The highest BCUT2D eigenvalue weighted by atomic mass is 16.6. The molecule has 0 bridgehead atoms. The lowest BCUT2D eigenvalue weighted by Gasteiger charge is -2.35. The lowest BCUT2D eigenvalue weighted by atomic mass is 10.2. The zero-order valence-electron chi connectivity index (χ0n) is 15.8. The average molecular weight is 380 g/mol. The lowest BCUT2D eigenvalue weighted by molar-refractivity contribution is 0.246. The van der Waals surface area contributed by atoms with Gasteiger partial charge < -0.3 is 10.2 Å². The van der Waals surface area contributed by atoms with E-state index in [4.69, 9.17) is 9.61 Å². The highest BCUT2D eigenvalue weighted by Gasteiger charge is 2.25. The molecule has 28 heavy (non-hydrogen) atoms. The fraction of sp³-hybridized carbons (Fsp3) is 0.526. The largest absolute Gasteiger partial charge is 0.364 e. The van der Waals surface area contributed by atoms with Gasteiger partial charge in [-0.25, -0.2) is 14.6 Å². The van der Waals surface area contributed by atoms with Crippen molar-refractivity contribution in [2.45, 2.75) is 38.3 Å². The van der Waals surface area contributed by atoms with Crippen LogP contribution in [0.5, 0.6) is 0 Å². The van der Waals surface area contributed by atoms with Crippen molar-refractivity contribution in [3.8, 4) is 0 Å². The molecule has 0 spiro atoms. The standard InChI is InChI=1S/C19H24N8O/c1-2-6-14(5-1)21-18-19(23-17-16(22-18)24-28-25-17)27-11-9-26(10-12-27)13-15-7-3-4-8-20-15/h3-4,7-8,14H,1-2,5-6,9-13H2,(H,21,22,24). The van der Waals surface area contributed by atoms with Gasteiger partial charge in [-0.3, -0.25) is 9.88 Å². The third-order valence-corrected chi connectivity index (χ3v) is 5.58. The number of aromatic nitrogens is 5. The molecule has 3 aromatic rings. The zero-order chi connectivity index (χ0) is 18.8. The number of rotatable bonds is 5. The third-order valence-electron chi connectivity index (χ3n) is 5.58. The van der Waals surface area contributed by atoms with Gasteiger partial charge in [-0.15, -0.1) is 0 Å². The molecule has 2 aliphatic rings. The quantitative estimate of drug-likeness (QED) is 0.713. The molecule has 0 aromatic carbocycles. The van der Waals surface area contributed by atoms with Gasteiger partial charge in [0.25, 0.3) is 0 Å². The molecule has 3 aromatic heterocycles. The number of pyridine rings is 1. The first-order chi connectivity index (χ1) is 13.8. The molecule has 9 heteroatoms. The number of nitrogens with one attached hydrogen (secondary N) is 1. The first-order valence-electron chi connectivity index (χ1n) is 9.99. The number of hydrogen-bond acceptors (Lipinski definition) is 9. The van der Waals surface area contributed by atoms with Crippen LogP contribution in [0.3, 0.4) is 0 Å². The van der Waals surface area contributed by atoms with E-state index >= 15 is 0 Å². The molecule has 2 fully saturated rings. The van der Waals surface area contributed by atoms with Crippen LogP contribution in [0, 0.1) is 0 Å². The number of hydrogen-bond donors (Lipinski definition) is 1. The SMILES string of the molecule is c1ccc(CN2CCN(c3nc4nonc4nc3NC3CCCC3)CC2)nc1. The topological polar surface area (TPSA) is 96.1 Å². The van der Waals surface area contributed by atoms with Gasteiger partial charge in [0.15, 0.2) is 11.6 Å². The predicted octanol–water partition coefficient (Wildman–Crippen LogP) is 2.08. The molecule has 146 valence electrons. The Morgan fingerprint density at radius 3 is 2.54 bits per heavy atom. The Kier molecular flexibility index (Phi) is 4.74. The lowest BCUT2D eigenvalue weighted by Crippen LogP contribution is -2.46. The van der Waals surface area contributed by atoms with Gasteiger partial charge in [0.1, 0.15) is 0 Å². The summed E-state index contributed by atoms with van der Waals surface area (Å²) in [6.07, 6.45) is 6.73. The summed E-state index contributed by atoms with van der Waals surface area (Å²) in [6, 6.07) is 6.52. The van der Waals surface area contributed by atoms with E-state index in [-0.39, 0.29) is 0 Å². The third kappa shape index (κ3) is 3.62. The second-order valence-electron chi connectivity index (χ2n) is 7.52. The molecule has 1 N–H and O–H groups in total. The van der Waals surface area contributed by atoms with Crippen LogP contribution in [0.25, 0.3) is 11.3 Å². The van der Waals surface area contributed by atoms with Crippen LogP contribution in [0.4, 0.5) is 11.6 Å². The Hall–Kier alpha value is -2.81. The summed E-state index contributed by atoms with van der Waals surface area (Å²) in [7, 11) is 0. The minimum atomic E-state index is 0.454. The molecule has 1 aliphatic heterocycles. The number of fused-ring (bicyclic) bond motifs is 1. The summed E-state index contributed by atoms with van der Waals surface area (Å²) >= 11 is 0. The summed E-state index contributed by atoms with van der Waals surface area (Å²) in [4.78, 5) is 18.5. The van der Waals surface area contributed by atoms with E-state index in [2.05, 4.69) is 41.5 Å². The fourth-order valence-electron chi connectivity index (χ4n) is 4.05. The van der Waals surface area contributed by atoms with Gasteiger partial charge in [-0.1, -0.05) is 18.9 Å². The van der Waals surface area contributed by atoms with Crippen molar-refractivity contribution in [1.29, 1.82) is 0 Å². The Bertz CT molecular complexity index is 916. The molecule has 5 rings (SSSR count). The molecule has 1 aliphatic carbocycles. The molecule has 1 saturated carbocycles. The van der Waals surface area contributed by atoms with Crippen molar-refractivity contribution in [2.24, 2.45) is 0 Å². The number of piperazine rings is 1. The zero-order valence-corrected chi connectivity index (χ0v) is 15.8. The Morgan fingerprint density at radius 1 is 1.00 bits per heavy atom. The van der Waals surface area contributed by atoms with E-state index < -0.39 is 0 Å². The predicted molar refractivity (Wildman–Crippen MR) is 105 cm³/mol. The minimum absolute atomic E-state index is 0.454. The molecular formula is C19H24N8O. The Balaban J connectivity index is 1.32. The molecule has 0 radical (unpaired) electrons. The monoisotopic (exact) mass is 380 g/mol. The first kappa shape index (κ1) is 17.3. The molecule has 0 atom stereocenters. The van der Waals surface area contributed by atoms with E-state index in [1.54, 1.807) is 0 Å².